The Morgan fingerprint density at radius 1 is 1.59 bits per heavy atom. The van der Waals surface area contributed by atoms with E-state index in [2.05, 4.69) is 21.8 Å². The Morgan fingerprint density at radius 2 is 2.41 bits per heavy atom. The van der Waals surface area contributed by atoms with E-state index in [9.17, 15) is 8.42 Å². The third-order valence-corrected chi connectivity index (χ3v) is 5.60. The fourth-order valence-electron chi connectivity index (χ4n) is 3.08. The summed E-state index contributed by atoms with van der Waals surface area (Å²) < 4.78 is 25.6. The van der Waals surface area contributed by atoms with Crippen LogP contribution in [0, 0.1) is 0 Å². The van der Waals surface area contributed by atoms with Gasteiger partial charge in [0.1, 0.15) is 0 Å². The van der Waals surface area contributed by atoms with Gasteiger partial charge in [-0.2, -0.15) is 0 Å². The Balaban J connectivity index is 2.13. The molecule has 0 saturated carbocycles. The SMILES string of the molecule is CCn1cnc2c1C1(CCS(=O)(=O)C1)NCC2. The van der Waals surface area contributed by atoms with Gasteiger partial charge < -0.3 is 9.88 Å². The Kier molecular flexibility index (Phi) is 2.35. The molecule has 1 aromatic rings. The molecule has 1 N–H and O–H groups in total. The molecule has 0 aliphatic carbocycles. The van der Waals surface area contributed by atoms with Crippen LogP contribution in [0.15, 0.2) is 6.33 Å². The van der Waals surface area contributed by atoms with Crippen LogP contribution in [0.4, 0.5) is 0 Å². The maximum absolute atomic E-state index is 11.8. The number of hydrogen-bond donors (Lipinski definition) is 1. The van der Waals surface area contributed by atoms with Gasteiger partial charge in [0.2, 0.25) is 0 Å². The molecule has 6 heteroatoms. The fraction of sp³-hybridized carbons (Fsp3) is 0.727. The van der Waals surface area contributed by atoms with Crippen LogP contribution in [-0.2, 0) is 28.3 Å². The molecule has 0 amide bonds. The monoisotopic (exact) mass is 255 g/mol. The van der Waals surface area contributed by atoms with Gasteiger partial charge in [0.05, 0.1) is 34.8 Å². The van der Waals surface area contributed by atoms with Gasteiger partial charge in [-0.15, -0.1) is 0 Å². The van der Waals surface area contributed by atoms with Crippen LogP contribution >= 0.6 is 0 Å². The summed E-state index contributed by atoms with van der Waals surface area (Å²) in [5, 5.41) is 3.43. The molecule has 1 unspecified atom stereocenters. The Hall–Kier alpha value is -0.880. The molecule has 3 heterocycles. The summed E-state index contributed by atoms with van der Waals surface area (Å²) in [5.41, 5.74) is 1.80. The van der Waals surface area contributed by atoms with Crippen LogP contribution in [0.1, 0.15) is 24.7 Å². The third-order valence-electron chi connectivity index (χ3n) is 3.84. The predicted molar refractivity (Wildman–Crippen MR) is 64.6 cm³/mol. The number of imidazole rings is 1. The summed E-state index contributed by atoms with van der Waals surface area (Å²) in [7, 11) is -2.90. The van der Waals surface area contributed by atoms with Gasteiger partial charge in [-0.25, -0.2) is 13.4 Å². The predicted octanol–water partition coefficient (Wildman–Crippen LogP) is 0.0625. The van der Waals surface area contributed by atoms with Crippen molar-refractivity contribution >= 4 is 9.84 Å². The van der Waals surface area contributed by atoms with Crippen molar-refractivity contribution in [3.05, 3.63) is 17.7 Å². The van der Waals surface area contributed by atoms with E-state index < -0.39 is 9.84 Å². The quantitative estimate of drug-likeness (QED) is 0.771. The number of aryl methyl sites for hydroxylation is 1. The molecular weight excluding hydrogens is 238 g/mol. The number of nitrogens with one attached hydrogen (secondary N) is 1. The molecule has 0 bridgehead atoms. The molecule has 0 radical (unpaired) electrons. The van der Waals surface area contributed by atoms with E-state index >= 15 is 0 Å². The second-order valence-corrected chi connectivity index (χ2v) is 7.11. The fourth-order valence-corrected chi connectivity index (χ4v) is 5.02. The number of hydrogen-bond acceptors (Lipinski definition) is 4. The van der Waals surface area contributed by atoms with E-state index in [1.54, 1.807) is 0 Å². The minimum Gasteiger partial charge on any atom is -0.333 e. The molecule has 17 heavy (non-hydrogen) atoms. The molecule has 1 atom stereocenters. The van der Waals surface area contributed by atoms with Crippen molar-refractivity contribution < 1.29 is 8.42 Å². The number of fused-ring (bicyclic) bond motifs is 2. The summed E-state index contributed by atoms with van der Waals surface area (Å²) in [6, 6.07) is 0. The first-order valence-electron chi connectivity index (χ1n) is 6.06. The van der Waals surface area contributed by atoms with Gasteiger partial charge in [0, 0.05) is 19.5 Å². The number of nitrogens with zero attached hydrogens (tertiary/aromatic N) is 2. The van der Waals surface area contributed by atoms with Crippen molar-refractivity contribution in [2.24, 2.45) is 0 Å². The van der Waals surface area contributed by atoms with Crippen molar-refractivity contribution in [2.45, 2.75) is 31.8 Å². The Labute approximate surface area is 101 Å². The molecule has 94 valence electrons. The summed E-state index contributed by atoms with van der Waals surface area (Å²) in [6.07, 6.45) is 3.41. The molecule has 3 rings (SSSR count). The first kappa shape index (κ1) is 11.2. The molecular formula is C11H17N3O2S. The second kappa shape index (κ2) is 3.55. The average Bonchev–Trinajstić information content (AvgIpc) is 2.82. The van der Waals surface area contributed by atoms with Crippen molar-refractivity contribution in [3.8, 4) is 0 Å². The average molecular weight is 255 g/mol. The molecule has 1 fully saturated rings. The van der Waals surface area contributed by atoms with E-state index in [1.807, 2.05) is 6.33 Å². The normalized spacial score (nSPS) is 30.6. The van der Waals surface area contributed by atoms with Crippen molar-refractivity contribution in [1.82, 2.24) is 14.9 Å². The number of rotatable bonds is 1. The van der Waals surface area contributed by atoms with Crippen LogP contribution in [0.3, 0.4) is 0 Å². The highest BCUT2D eigenvalue weighted by Crippen LogP contribution is 2.37. The highest BCUT2D eigenvalue weighted by Gasteiger charge is 2.48. The topological polar surface area (TPSA) is 64.0 Å². The lowest BCUT2D eigenvalue weighted by Gasteiger charge is -2.34. The van der Waals surface area contributed by atoms with Crippen molar-refractivity contribution in [2.75, 3.05) is 18.1 Å². The largest absolute Gasteiger partial charge is 0.333 e. The molecule has 0 aromatic carbocycles. The number of aromatic nitrogens is 2. The maximum atomic E-state index is 11.8. The molecule has 1 aromatic heterocycles. The minimum absolute atomic E-state index is 0.221. The zero-order valence-corrected chi connectivity index (χ0v) is 10.8. The second-order valence-electron chi connectivity index (χ2n) is 4.93. The van der Waals surface area contributed by atoms with Crippen LogP contribution in [0.25, 0.3) is 0 Å². The Bertz CT molecular complexity index is 536. The van der Waals surface area contributed by atoms with Crippen molar-refractivity contribution in [3.63, 3.8) is 0 Å². The van der Waals surface area contributed by atoms with Crippen LogP contribution in [0.5, 0.6) is 0 Å². The molecule has 1 saturated heterocycles. The van der Waals surface area contributed by atoms with E-state index in [4.69, 9.17) is 0 Å². The highest BCUT2D eigenvalue weighted by molar-refractivity contribution is 7.91. The molecule has 2 aliphatic rings. The van der Waals surface area contributed by atoms with Gasteiger partial charge in [0.25, 0.3) is 0 Å². The van der Waals surface area contributed by atoms with Crippen LogP contribution < -0.4 is 5.32 Å². The van der Waals surface area contributed by atoms with Gasteiger partial charge >= 0.3 is 0 Å². The molecule has 1 spiro atoms. The zero-order chi connectivity index (χ0) is 12.1. The molecule has 2 aliphatic heterocycles. The highest BCUT2D eigenvalue weighted by atomic mass is 32.2. The summed E-state index contributed by atoms with van der Waals surface area (Å²) in [4.78, 5) is 4.42. The van der Waals surface area contributed by atoms with E-state index in [0.717, 1.165) is 30.9 Å². The summed E-state index contributed by atoms with van der Waals surface area (Å²) in [6.45, 7) is 3.72. The van der Waals surface area contributed by atoms with Gasteiger partial charge in [-0.1, -0.05) is 0 Å². The Morgan fingerprint density at radius 3 is 3.06 bits per heavy atom. The van der Waals surface area contributed by atoms with E-state index in [0.29, 0.717) is 6.42 Å². The van der Waals surface area contributed by atoms with E-state index in [1.165, 1.54) is 0 Å². The lowest BCUT2D eigenvalue weighted by atomic mass is 9.88. The lowest BCUT2D eigenvalue weighted by molar-refractivity contribution is 0.331. The third kappa shape index (κ3) is 1.62. The maximum Gasteiger partial charge on any atom is 0.152 e. The summed E-state index contributed by atoms with van der Waals surface area (Å²) >= 11 is 0. The van der Waals surface area contributed by atoms with Crippen molar-refractivity contribution in [1.29, 1.82) is 0 Å². The zero-order valence-electron chi connectivity index (χ0n) is 9.94. The van der Waals surface area contributed by atoms with E-state index in [-0.39, 0.29) is 17.0 Å². The first-order valence-corrected chi connectivity index (χ1v) is 7.88. The van der Waals surface area contributed by atoms with Gasteiger partial charge in [-0.05, 0) is 13.3 Å². The minimum atomic E-state index is -2.90. The first-order chi connectivity index (χ1) is 8.06. The number of sulfone groups is 1. The van der Waals surface area contributed by atoms with Crippen LogP contribution in [-0.4, -0.2) is 36.0 Å². The smallest absolute Gasteiger partial charge is 0.152 e. The van der Waals surface area contributed by atoms with Gasteiger partial charge in [0.15, 0.2) is 9.84 Å². The lowest BCUT2D eigenvalue weighted by Crippen LogP contribution is -2.49. The summed E-state index contributed by atoms with van der Waals surface area (Å²) in [5.74, 6) is 0.507. The van der Waals surface area contributed by atoms with Crippen LogP contribution in [0.2, 0.25) is 0 Å². The molecule has 5 nitrogen and oxygen atoms in total. The van der Waals surface area contributed by atoms with Gasteiger partial charge in [-0.3, -0.25) is 0 Å². The standard InChI is InChI=1S/C11H17N3O2S/c1-2-14-8-12-9-3-5-13-11(10(9)14)4-6-17(15,16)7-11/h8,13H,2-7H2,1H3.